The minimum Gasteiger partial charge on any atom is -0.508 e. The number of aliphatic carboxylic acids is 2. The Bertz CT molecular complexity index is 1190. The number of carboxylic acids is 2. The van der Waals surface area contributed by atoms with Gasteiger partial charge >= 0.3 is 24.3 Å². The second-order valence-electron chi connectivity index (χ2n) is 10.0. The van der Waals surface area contributed by atoms with Crippen LogP contribution >= 0.6 is 0 Å². The lowest BCUT2D eigenvalue weighted by Crippen LogP contribution is -2.48. The number of carboxylic acid groups (broad SMARTS) is 2. The number of unbranched alkanes of at least 4 members (excludes halogenated alkanes) is 5. The quantitative estimate of drug-likeness (QED) is 0.0941. The fourth-order valence-corrected chi connectivity index (χ4v) is 3.59. The Balaban J connectivity index is 0.00000131. The number of pyridine rings is 1. The van der Waals surface area contributed by atoms with E-state index in [0.29, 0.717) is 18.5 Å². The molecule has 270 valence electrons. The number of nitrogens with one attached hydrogen (secondary N) is 3. The molecule has 1 aromatic carbocycles. The van der Waals surface area contributed by atoms with Crippen molar-refractivity contribution in [1.29, 1.82) is 0 Å². The van der Waals surface area contributed by atoms with Crippen molar-refractivity contribution in [2.75, 3.05) is 26.2 Å². The molecule has 2 aromatic rings. The molecular formula is C30H41F6N5O7. The van der Waals surface area contributed by atoms with Crippen molar-refractivity contribution >= 4 is 23.8 Å². The summed E-state index contributed by atoms with van der Waals surface area (Å²) in [6, 6.07) is 9.17. The first kappa shape index (κ1) is 43.5. The van der Waals surface area contributed by atoms with Crippen molar-refractivity contribution in [1.82, 2.24) is 20.9 Å². The number of hydrogen-bond donors (Lipinski definition) is 7. The predicted octanol–water partition coefficient (Wildman–Crippen LogP) is 3.79. The number of amides is 2. The van der Waals surface area contributed by atoms with Crippen LogP contribution in [0.5, 0.6) is 5.75 Å². The first-order chi connectivity index (χ1) is 22.5. The zero-order valence-electron chi connectivity index (χ0n) is 25.9. The summed E-state index contributed by atoms with van der Waals surface area (Å²) >= 11 is 0. The number of nitrogens with zero attached hydrogens (tertiary/aromatic N) is 1. The summed E-state index contributed by atoms with van der Waals surface area (Å²) in [5.74, 6) is -5.88. The second-order valence-corrected chi connectivity index (χ2v) is 10.0. The van der Waals surface area contributed by atoms with Gasteiger partial charge in [0.05, 0.1) is 0 Å². The van der Waals surface area contributed by atoms with E-state index < -0.39 is 30.3 Å². The van der Waals surface area contributed by atoms with Gasteiger partial charge in [0.2, 0.25) is 5.91 Å². The number of carbonyl (C=O) groups is 4. The third-order valence-corrected chi connectivity index (χ3v) is 6.06. The first-order valence-corrected chi connectivity index (χ1v) is 14.8. The maximum Gasteiger partial charge on any atom is 0.490 e. The van der Waals surface area contributed by atoms with E-state index >= 15 is 0 Å². The Hall–Kier alpha value is -4.45. The van der Waals surface area contributed by atoms with Crippen LogP contribution in [0, 0.1) is 0 Å². The molecule has 2 amide bonds. The van der Waals surface area contributed by atoms with Gasteiger partial charge < -0.3 is 37.0 Å². The van der Waals surface area contributed by atoms with E-state index in [0.717, 1.165) is 50.9 Å². The van der Waals surface area contributed by atoms with E-state index in [1.54, 1.807) is 48.8 Å². The van der Waals surface area contributed by atoms with Gasteiger partial charge in [-0.1, -0.05) is 37.8 Å². The minimum atomic E-state index is -5.08. The van der Waals surface area contributed by atoms with Crippen LogP contribution in [0.3, 0.4) is 0 Å². The molecule has 0 saturated heterocycles. The zero-order valence-corrected chi connectivity index (χ0v) is 25.9. The van der Waals surface area contributed by atoms with E-state index in [9.17, 15) is 41.0 Å². The van der Waals surface area contributed by atoms with Crippen LogP contribution in [0.15, 0.2) is 48.8 Å². The number of rotatable bonds is 17. The number of nitrogens with two attached hydrogens (primary N) is 1. The number of phenols is 1. The van der Waals surface area contributed by atoms with Gasteiger partial charge in [-0.05, 0) is 68.7 Å². The summed E-state index contributed by atoms with van der Waals surface area (Å²) in [6.45, 7) is 3.35. The summed E-state index contributed by atoms with van der Waals surface area (Å²) < 4.78 is 63.5. The van der Waals surface area contributed by atoms with E-state index in [4.69, 9.17) is 25.5 Å². The highest BCUT2D eigenvalue weighted by atomic mass is 19.4. The SMILES string of the molecule is NCCCNCCCCCCCCNC(=O)[C@H](Cc1ccc(O)cc1)NC(=O)c1ccncc1.O=C(O)C(F)(F)F.O=C(O)C(F)(F)F. The summed E-state index contributed by atoms with van der Waals surface area (Å²) in [5, 5.41) is 33.0. The minimum absolute atomic E-state index is 0.161. The maximum atomic E-state index is 12.9. The van der Waals surface area contributed by atoms with Crippen molar-refractivity contribution in [2.45, 2.75) is 69.8 Å². The molecule has 12 nitrogen and oxygen atoms in total. The number of benzene rings is 1. The Morgan fingerprint density at radius 3 is 1.67 bits per heavy atom. The molecule has 0 bridgehead atoms. The summed E-state index contributed by atoms with van der Waals surface area (Å²) in [4.78, 5) is 47.2. The Kier molecular flexibility index (Phi) is 21.6. The summed E-state index contributed by atoms with van der Waals surface area (Å²) in [6.07, 6.45) is 0.973. The van der Waals surface area contributed by atoms with Crippen LogP contribution in [0.2, 0.25) is 0 Å². The van der Waals surface area contributed by atoms with Crippen molar-refractivity contribution in [3.8, 4) is 5.75 Å². The monoisotopic (exact) mass is 697 g/mol. The lowest BCUT2D eigenvalue weighted by molar-refractivity contribution is -0.193. The molecule has 0 aliphatic heterocycles. The van der Waals surface area contributed by atoms with Crippen LogP contribution in [-0.4, -0.2) is 88.6 Å². The highest BCUT2D eigenvalue weighted by molar-refractivity contribution is 5.97. The van der Waals surface area contributed by atoms with Crippen LogP contribution in [0.25, 0.3) is 0 Å². The van der Waals surface area contributed by atoms with E-state index in [1.165, 1.54) is 19.3 Å². The van der Waals surface area contributed by atoms with Gasteiger partial charge in [-0.15, -0.1) is 0 Å². The Morgan fingerprint density at radius 2 is 1.19 bits per heavy atom. The predicted molar refractivity (Wildman–Crippen MR) is 162 cm³/mol. The molecule has 0 radical (unpaired) electrons. The van der Waals surface area contributed by atoms with Crippen molar-refractivity contribution < 1.29 is 60.8 Å². The molecule has 0 saturated carbocycles. The van der Waals surface area contributed by atoms with Crippen LogP contribution in [0.1, 0.15) is 60.9 Å². The first-order valence-electron chi connectivity index (χ1n) is 14.8. The normalized spacial score (nSPS) is 11.6. The zero-order chi connectivity index (χ0) is 36.6. The Labute approximate surface area is 273 Å². The molecule has 0 fully saturated rings. The number of aromatic nitrogens is 1. The molecule has 18 heteroatoms. The molecule has 2 rings (SSSR count). The van der Waals surface area contributed by atoms with Crippen LogP contribution in [-0.2, 0) is 20.8 Å². The molecule has 0 unspecified atom stereocenters. The van der Waals surface area contributed by atoms with E-state index in [-0.39, 0.29) is 17.6 Å². The average molecular weight is 698 g/mol. The number of alkyl halides is 6. The molecule has 1 aromatic heterocycles. The highest BCUT2D eigenvalue weighted by Crippen LogP contribution is 2.14. The lowest BCUT2D eigenvalue weighted by atomic mass is 10.0. The molecular weight excluding hydrogens is 656 g/mol. The fourth-order valence-electron chi connectivity index (χ4n) is 3.59. The van der Waals surface area contributed by atoms with Crippen LogP contribution in [0.4, 0.5) is 26.3 Å². The largest absolute Gasteiger partial charge is 0.508 e. The maximum absolute atomic E-state index is 12.9. The number of hydrogen-bond acceptors (Lipinski definition) is 8. The molecule has 0 aliphatic rings. The molecule has 8 N–H and O–H groups in total. The summed E-state index contributed by atoms with van der Waals surface area (Å²) in [7, 11) is 0. The molecule has 1 atom stereocenters. The number of aromatic hydroxyl groups is 1. The van der Waals surface area contributed by atoms with Gasteiger partial charge in [0.25, 0.3) is 5.91 Å². The number of carbonyl (C=O) groups excluding carboxylic acids is 2. The lowest BCUT2D eigenvalue weighted by Gasteiger charge is -2.19. The van der Waals surface area contributed by atoms with E-state index in [2.05, 4.69) is 20.9 Å². The molecule has 0 spiro atoms. The van der Waals surface area contributed by atoms with Gasteiger partial charge in [0.15, 0.2) is 0 Å². The standard InChI is InChI=1S/C26H39N5O3.2C2HF3O2/c27-14-7-16-28-15-5-3-1-2-4-6-17-30-26(34)24(20-21-8-10-23(32)11-9-21)31-25(33)22-12-18-29-19-13-22;2*3-2(4,5)1(6)7/h8-13,18-19,24,28,32H,1-7,14-17,20,27H2,(H,30,34)(H,31,33);2*(H,6,7)/t24-;;/m0../s1. The smallest absolute Gasteiger partial charge is 0.490 e. The fraction of sp³-hybridized carbons (Fsp3) is 0.500. The van der Waals surface area contributed by atoms with Crippen molar-refractivity contribution in [3.05, 3.63) is 59.9 Å². The molecule has 0 aliphatic carbocycles. The molecule has 1 heterocycles. The average Bonchev–Trinajstić information content (AvgIpc) is 3.02. The van der Waals surface area contributed by atoms with E-state index in [1.807, 2.05) is 0 Å². The number of phenolic OH excluding ortho intramolecular Hbond substituents is 1. The number of halogens is 6. The van der Waals surface area contributed by atoms with Gasteiger partial charge in [-0.2, -0.15) is 26.3 Å². The molecule has 48 heavy (non-hydrogen) atoms. The van der Waals surface area contributed by atoms with Gasteiger partial charge in [-0.25, -0.2) is 9.59 Å². The van der Waals surface area contributed by atoms with Gasteiger partial charge in [0, 0.05) is 30.9 Å². The third-order valence-electron chi connectivity index (χ3n) is 6.06. The topological polar surface area (TPSA) is 204 Å². The van der Waals surface area contributed by atoms with Gasteiger partial charge in [0.1, 0.15) is 11.8 Å². The van der Waals surface area contributed by atoms with Crippen molar-refractivity contribution in [3.63, 3.8) is 0 Å². The summed E-state index contributed by atoms with van der Waals surface area (Å²) in [5.41, 5.74) is 6.78. The van der Waals surface area contributed by atoms with Crippen molar-refractivity contribution in [2.24, 2.45) is 5.73 Å². The van der Waals surface area contributed by atoms with Gasteiger partial charge in [-0.3, -0.25) is 14.6 Å². The highest BCUT2D eigenvalue weighted by Gasteiger charge is 2.38. The second kappa shape index (κ2) is 23.8. The van der Waals surface area contributed by atoms with Crippen LogP contribution < -0.4 is 21.7 Å². The third kappa shape index (κ3) is 22.1. The Morgan fingerprint density at radius 1 is 0.729 bits per heavy atom.